The van der Waals surface area contributed by atoms with Crippen LogP contribution >= 0.6 is 11.6 Å². The lowest BCUT2D eigenvalue weighted by molar-refractivity contribution is 0.534. The van der Waals surface area contributed by atoms with Crippen LogP contribution in [0, 0.1) is 17.1 Å². The number of hydrogen-bond acceptors (Lipinski definition) is 2. The van der Waals surface area contributed by atoms with Gasteiger partial charge in [0.05, 0.1) is 17.5 Å². The molecule has 0 saturated heterocycles. The van der Waals surface area contributed by atoms with Crippen LogP contribution in [0.15, 0.2) is 18.2 Å². The first-order valence-corrected chi connectivity index (χ1v) is 5.06. The second kappa shape index (κ2) is 5.69. The average molecular weight is 227 g/mol. The quantitative estimate of drug-likeness (QED) is 0.857. The number of halogens is 2. The van der Waals surface area contributed by atoms with E-state index in [1.165, 1.54) is 6.07 Å². The first kappa shape index (κ1) is 12.0. The zero-order valence-corrected chi connectivity index (χ0v) is 9.18. The van der Waals surface area contributed by atoms with Crippen LogP contribution in [-0.4, -0.2) is 6.04 Å². The summed E-state index contributed by atoms with van der Waals surface area (Å²) in [4.78, 5) is 0. The average Bonchev–Trinajstić information content (AvgIpc) is 2.21. The van der Waals surface area contributed by atoms with Gasteiger partial charge in [0, 0.05) is 18.2 Å². The van der Waals surface area contributed by atoms with Gasteiger partial charge in [-0.2, -0.15) is 5.26 Å². The van der Waals surface area contributed by atoms with Crippen LogP contribution in [-0.2, 0) is 6.54 Å². The van der Waals surface area contributed by atoms with Gasteiger partial charge in [-0.1, -0.05) is 23.7 Å². The molecule has 0 aliphatic rings. The van der Waals surface area contributed by atoms with Crippen LogP contribution in [0.4, 0.5) is 4.39 Å². The van der Waals surface area contributed by atoms with Crippen molar-refractivity contribution in [2.75, 3.05) is 0 Å². The molecule has 1 aromatic rings. The summed E-state index contributed by atoms with van der Waals surface area (Å²) in [6, 6.07) is 6.99. The van der Waals surface area contributed by atoms with E-state index in [-0.39, 0.29) is 11.1 Å². The lowest BCUT2D eigenvalue weighted by Crippen LogP contribution is -2.25. The van der Waals surface area contributed by atoms with Crippen molar-refractivity contribution in [3.8, 4) is 6.07 Å². The maximum atomic E-state index is 13.4. The van der Waals surface area contributed by atoms with E-state index in [4.69, 9.17) is 16.9 Å². The van der Waals surface area contributed by atoms with E-state index in [9.17, 15) is 4.39 Å². The Kier molecular flexibility index (Phi) is 4.54. The summed E-state index contributed by atoms with van der Waals surface area (Å²) in [5, 5.41) is 11.6. The molecule has 0 aromatic heterocycles. The molecule has 0 radical (unpaired) electrons. The first-order chi connectivity index (χ1) is 7.15. The van der Waals surface area contributed by atoms with Gasteiger partial charge < -0.3 is 5.32 Å². The van der Waals surface area contributed by atoms with Gasteiger partial charge in [0.2, 0.25) is 0 Å². The zero-order valence-electron chi connectivity index (χ0n) is 8.43. The van der Waals surface area contributed by atoms with Gasteiger partial charge >= 0.3 is 0 Å². The van der Waals surface area contributed by atoms with E-state index in [1.807, 2.05) is 13.0 Å². The van der Waals surface area contributed by atoms with E-state index in [0.717, 1.165) is 0 Å². The molecule has 0 fully saturated rings. The minimum absolute atomic E-state index is 0.0494. The van der Waals surface area contributed by atoms with Crippen LogP contribution in [0.2, 0.25) is 5.02 Å². The lowest BCUT2D eigenvalue weighted by Gasteiger charge is -2.10. The molecule has 15 heavy (non-hydrogen) atoms. The van der Waals surface area contributed by atoms with Gasteiger partial charge in [0.25, 0.3) is 0 Å². The van der Waals surface area contributed by atoms with E-state index >= 15 is 0 Å². The van der Waals surface area contributed by atoms with E-state index < -0.39 is 5.82 Å². The summed E-state index contributed by atoms with van der Waals surface area (Å²) in [5.41, 5.74) is 0.521. The van der Waals surface area contributed by atoms with Crippen LogP contribution in [0.3, 0.4) is 0 Å². The molecule has 2 nitrogen and oxygen atoms in total. The first-order valence-electron chi connectivity index (χ1n) is 4.68. The Morgan fingerprint density at radius 2 is 2.33 bits per heavy atom. The molecule has 1 aromatic carbocycles. The highest BCUT2D eigenvalue weighted by atomic mass is 35.5. The molecule has 0 bridgehead atoms. The molecule has 80 valence electrons. The molecule has 4 heteroatoms. The Labute approximate surface area is 93.7 Å². The van der Waals surface area contributed by atoms with Gasteiger partial charge in [0.1, 0.15) is 5.82 Å². The molecule has 0 spiro atoms. The Morgan fingerprint density at radius 3 is 3.00 bits per heavy atom. The summed E-state index contributed by atoms with van der Waals surface area (Å²) in [6.45, 7) is 2.26. The Morgan fingerprint density at radius 1 is 1.60 bits per heavy atom. The fraction of sp³-hybridized carbons (Fsp3) is 0.364. The molecular formula is C11H12ClFN2. The van der Waals surface area contributed by atoms with Crippen molar-refractivity contribution in [2.24, 2.45) is 0 Å². The minimum atomic E-state index is -0.393. The number of nitrogens with one attached hydrogen (secondary N) is 1. The normalized spacial score (nSPS) is 12.1. The largest absolute Gasteiger partial charge is 0.309 e. The summed E-state index contributed by atoms with van der Waals surface area (Å²) in [6.07, 6.45) is 0.405. The standard InChI is InChI=1S/C11H12ClFN2/c1-8(5-6-14)15-7-9-3-2-4-10(12)11(9)13/h2-4,8,15H,5,7H2,1H3. The van der Waals surface area contributed by atoms with Gasteiger partial charge in [-0.05, 0) is 13.0 Å². The van der Waals surface area contributed by atoms with Crippen LogP contribution in [0.5, 0.6) is 0 Å². The third kappa shape index (κ3) is 3.50. The molecule has 1 rings (SSSR count). The smallest absolute Gasteiger partial charge is 0.146 e. The van der Waals surface area contributed by atoms with E-state index in [2.05, 4.69) is 5.32 Å². The highest BCUT2D eigenvalue weighted by Crippen LogP contribution is 2.17. The number of hydrogen-bond donors (Lipinski definition) is 1. The molecule has 0 aliphatic heterocycles. The maximum absolute atomic E-state index is 13.4. The predicted octanol–water partition coefficient (Wildman–Crippen LogP) is 2.87. The van der Waals surface area contributed by atoms with Gasteiger partial charge in [-0.15, -0.1) is 0 Å². The highest BCUT2D eigenvalue weighted by Gasteiger charge is 2.07. The van der Waals surface area contributed by atoms with Crippen LogP contribution in [0.25, 0.3) is 0 Å². The SMILES string of the molecule is CC(CC#N)NCc1cccc(Cl)c1F. The third-order valence-corrected chi connectivity index (χ3v) is 2.36. The number of nitriles is 1. The topological polar surface area (TPSA) is 35.8 Å². The molecule has 0 saturated carbocycles. The van der Waals surface area contributed by atoms with Crippen LogP contribution < -0.4 is 5.32 Å². The highest BCUT2D eigenvalue weighted by molar-refractivity contribution is 6.30. The molecule has 0 amide bonds. The van der Waals surface area contributed by atoms with Crippen molar-refractivity contribution in [2.45, 2.75) is 25.9 Å². The number of nitrogens with zero attached hydrogens (tertiary/aromatic N) is 1. The fourth-order valence-electron chi connectivity index (χ4n) is 1.18. The summed E-state index contributed by atoms with van der Waals surface area (Å²) >= 11 is 5.64. The molecule has 0 heterocycles. The number of benzene rings is 1. The molecule has 1 N–H and O–H groups in total. The third-order valence-electron chi connectivity index (χ3n) is 2.07. The van der Waals surface area contributed by atoms with Crippen molar-refractivity contribution in [1.82, 2.24) is 5.32 Å². The predicted molar refractivity (Wildman–Crippen MR) is 57.9 cm³/mol. The molecule has 1 atom stereocenters. The lowest BCUT2D eigenvalue weighted by atomic mass is 10.2. The Balaban J connectivity index is 2.58. The maximum Gasteiger partial charge on any atom is 0.146 e. The number of rotatable bonds is 4. The van der Waals surface area contributed by atoms with Crippen molar-refractivity contribution < 1.29 is 4.39 Å². The van der Waals surface area contributed by atoms with Crippen molar-refractivity contribution >= 4 is 11.6 Å². The van der Waals surface area contributed by atoms with E-state index in [0.29, 0.717) is 18.5 Å². The van der Waals surface area contributed by atoms with Crippen LogP contribution in [0.1, 0.15) is 18.9 Å². The molecule has 0 aliphatic carbocycles. The fourth-order valence-corrected chi connectivity index (χ4v) is 1.37. The van der Waals surface area contributed by atoms with Crippen molar-refractivity contribution in [1.29, 1.82) is 5.26 Å². The monoisotopic (exact) mass is 226 g/mol. The second-order valence-electron chi connectivity index (χ2n) is 3.36. The van der Waals surface area contributed by atoms with Gasteiger partial charge in [-0.3, -0.25) is 0 Å². The summed E-state index contributed by atoms with van der Waals surface area (Å²) < 4.78 is 13.4. The van der Waals surface area contributed by atoms with Crippen molar-refractivity contribution in [3.05, 3.63) is 34.6 Å². The summed E-state index contributed by atoms with van der Waals surface area (Å²) in [5.74, 6) is -0.393. The summed E-state index contributed by atoms with van der Waals surface area (Å²) in [7, 11) is 0. The minimum Gasteiger partial charge on any atom is -0.309 e. The Bertz CT molecular complexity index is 373. The second-order valence-corrected chi connectivity index (χ2v) is 3.76. The van der Waals surface area contributed by atoms with Gasteiger partial charge in [-0.25, -0.2) is 4.39 Å². The van der Waals surface area contributed by atoms with E-state index in [1.54, 1.807) is 12.1 Å². The Hall–Kier alpha value is -1.11. The molecule has 1 unspecified atom stereocenters. The molecular weight excluding hydrogens is 215 g/mol. The zero-order chi connectivity index (χ0) is 11.3. The van der Waals surface area contributed by atoms with Crippen molar-refractivity contribution in [3.63, 3.8) is 0 Å². The van der Waals surface area contributed by atoms with Gasteiger partial charge in [0.15, 0.2) is 0 Å².